The van der Waals surface area contributed by atoms with Crippen LogP contribution in [0.5, 0.6) is 0 Å². The summed E-state index contributed by atoms with van der Waals surface area (Å²) in [6.07, 6.45) is 6.71. The molecule has 8 nitrogen and oxygen atoms in total. The molecule has 2 rings (SSSR count). The Morgan fingerprint density at radius 1 is 1.22 bits per heavy atom. The Kier molecular flexibility index (Phi) is 9.43. The number of aliphatic imine (C=N–C) groups is 1. The van der Waals surface area contributed by atoms with Crippen molar-refractivity contribution in [3.8, 4) is 0 Å². The number of guanidine groups is 1. The van der Waals surface area contributed by atoms with Gasteiger partial charge in [-0.1, -0.05) is 29.8 Å². The number of nitrogens with one attached hydrogen (secondary N) is 2. The lowest BCUT2D eigenvalue weighted by atomic mass is 10.2. The summed E-state index contributed by atoms with van der Waals surface area (Å²) in [6, 6.07) is 10.6. The third kappa shape index (κ3) is 7.88. The standard InChI is InChI=1S/C23H27ClN6O2/c1-16-6-12-20(28-15-16)29-21(31)13-9-18(24)5-4-14-27-22(32)17-7-10-19(11-8-17)30(3)23(25)26-2/h4-12,15H,13-14H2,1-3H3,(H2,25,26)(H,27,32)(H,28,29,31)/b5-4-,18-9+. The molecule has 4 N–H and O–H groups in total. The van der Waals surface area contributed by atoms with E-state index in [9.17, 15) is 9.59 Å². The summed E-state index contributed by atoms with van der Waals surface area (Å²) >= 11 is 6.11. The van der Waals surface area contributed by atoms with Crippen LogP contribution in [-0.2, 0) is 4.79 Å². The Bertz CT molecular complexity index is 1010. The van der Waals surface area contributed by atoms with E-state index in [0.717, 1.165) is 11.3 Å². The molecular weight excluding hydrogens is 428 g/mol. The molecule has 0 radical (unpaired) electrons. The number of amides is 2. The maximum absolute atomic E-state index is 12.3. The van der Waals surface area contributed by atoms with Crippen LogP contribution >= 0.6 is 11.6 Å². The highest BCUT2D eigenvalue weighted by Crippen LogP contribution is 2.13. The van der Waals surface area contributed by atoms with Gasteiger partial charge in [0.15, 0.2) is 5.96 Å². The van der Waals surface area contributed by atoms with Gasteiger partial charge < -0.3 is 21.3 Å². The number of pyridine rings is 1. The van der Waals surface area contributed by atoms with Crippen LogP contribution in [0.4, 0.5) is 11.5 Å². The Morgan fingerprint density at radius 2 is 1.94 bits per heavy atom. The van der Waals surface area contributed by atoms with Crippen molar-refractivity contribution >= 4 is 40.9 Å². The zero-order chi connectivity index (χ0) is 23.5. The van der Waals surface area contributed by atoms with Crippen molar-refractivity contribution in [3.63, 3.8) is 0 Å². The normalized spacial score (nSPS) is 12.0. The highest BCUT2D eigenvalue weighted by atomic mass is 35.5. The molecule has 0 unspecified atom stereocenters. The van der Waals surface area contributed by atoms with Gasteiger partial charge in [0.2, 0.25) is 5.91 Å². The van der Waals surface area contributed by atoms with Crippen LogP contribution in [0, 0.1) is 6.92 Å². The number of anilines is 2. The minimum absolute atomic E-state index is 0.110. The maximum atomic E-state index is 12.3. The van der Waals surface area contributed by atoms with Crippen molar-refractivity contribution in [2.24, 2.45) is 10.7 Å². The highest BCUT2D eigenvalue weighted by molar-refractivity contribution is 6.31. The van der Waals surface area contributed by atoms with Gasteiger partial charge in [0.05, 0.1) is 0 Å². The molecule has 1 aromatic heterocycles. The first-order valence-corrected chi connectivity index (χ1v) is 10.3. The first-order chi connectivity index (χ1) is 15.3. The fourth-order valence-corrected chi connectivity index (χ4v) is 2.70. The van der Waals surface area contributed by atoms with E-state index in [2.05, 4.69) is 20.6 Å². The lowest BCUT2D eigenvalue weighted by Gasteiger charge is -2.17. The van der Waals surface area contributed by atoms with Crippen LogP contribution < -0.4 is 21.3 Å². The van der Waals surface area contributed by atoms with E-state index >= 15 is 0 Å². The van der Waals surface area contributed by atoms with Crippen LogP contribution in [0.2, 0.25) is 0 Å². The number of allylic oxidation sites excluding steroid dienone is 2. The summed E-state index contributed by atoms with van der Waals surface area (Å²) < 4.78 is 0. The fourth-order valence-electron chi connectivity index (χ4n) is 2.54. The third-order valence-corrected chi connectivity index (χ3v) is 4.69. The van der Waals surface area contributed by atoms with Gasteiger partial charge in [0.1, 0.15) is 5.82 Å². The molecule has 0 spiro atoms. The number of carbonyl (C=O) groups is 2. The lowest BCUT2D eigenvalue weighted by Crippen LogP contribution is -2.33. The van der Waals surface area contributed by atoms with E-state index in [1.165, 1.54) is 0 Å². The average molecular weight is 455 g/mol. The lowest BCUT2D eigenvalue weighted by molar-refractivity contribution is -0.115. The van der Waals surface area contributed by atoms with Gasteiger partial charge in [-0.05, 0) is 48.9 Å². The van der Waals surface area contributed by atoms with Crippen molar-refractivity contribution in [2.75, 3.05) is 30.9 Å². The largest absolute Gasteiger partial charge is 0.370 e. The fraction of sp³-hybridized carbons (Fsp3) is 0.217. The quantitative estimate of drug-likeness (QED) is 0.322. The van der Waals surface area contributed by atoms with Gasteiger partial charge in [0.25, 0.3) is 5.91 Å². The topological polar surface area (TPSA) is 113 Å². The number of nitrogens with two attached hydrogens (primary N) is 1. The molecule has 0 saturated heterocycles. The van der Waals surface area contributed by atoms with Crippen LogP contribution in [0.3, 0.4) is 0 Å². The van der Waals surface area contributed by atoms with Crippen molar-refractivity contribution < 1.29 is 9.59 Å². The molecule has 1 aromatic carbocycles. The molecule has 1 heterocycles. The second-order valence-electron chi connectivity index (χ2n) is 6.86. The minimum Gasteiger partial charge on any atom is -0.370 e. The maximum Gasteiger partial charge on any atom is 0.251 e. The summed E-state index contributed by atoms with van der Waals surface area (Å²) in [6.45, 7) is 2.21. The summed E-state index contributed by atoms with van der Waals surface area (Å²) in [4.78, 5) is 34.0. The number of rotatable bonds is 8. The van der Waals surface area contributed by atoms with E-state index in [4.69, 9.17) is 17.3 Å². The Balaban J connectivity index is 1.78. The van der Waals surface area contributed by atoms with Gasteiger partial charge in [-0.25, -0.2) is 4.98 Å². The molecule has 32 heavy (non-hydrogen) atoms. The molecule has 2 amide bonds. The van der Waals surface area contributed by atoms with Crippen LogP contribution in [0.25, 0.3) is 0 Å². The molecule has 0 aliphatic heterocycles. The van der Waals surface area contributed by atoms with Crippen molar-refractivity contribution in [1.82, 2.24) is 10.3 Å². The second-order valence-corrected chi connectivity index (χ2v) is 7.30. The second kappa shape index (κ2) is 12.3. The molecule has 0 aliphatic carbocycles. The van der Waals surface area contributed by atoms with Gasteiger partial charge in [-0.3, -0.25) is 14.6 Å². The molecule has 0 atom stereocenters. The number of hydrogen-bond donors (Lipinski definition) is 3. The molecule has 0 bridgehead atoms. The zero-order valence-electron chi connectivity index (χ0n) is 18.3. The highest BCUT2D eigenvalue weighted by Gasteiger charge is 2.07. The third-order valence-electron chi connectivity index (χ3n) is 4.41. The zero-order valence-corrected chi connectivity index (χ0v) is 19.1. The Hall–Kier alpha value is -3.65. The van der Waals surface area contributed by atoms with Crippen LogP contribution in [0.1, 0.15) is 22.3 Å². The van der Waals surface area contributed by atoms with E-state index < -0.39 is 0 Å². The van der Waals surface area contributed by atoms with Crippen molar-refractivity contribution in [2.45, 2.75) is 13.3 Å². The first-order valence-electron chi connectivity index (χ1n) is 9.89. The van der Waals surface area contributed by atoms with Gasteiger partial charge >= 0.3 is 0 Å². The smallest absolute Gasteiger partial charge is 0.251 e. The van der Waals surface area contributed by atoms with Gasteiger partial charge in [0, 0.05) is 49.5 Å². The summed E-state index contributed by atoms with van der Waals surface area (Å²) in [5.74, 6) is 0.430. The Morgan fingerprint density at radius 3 is 2.56 bits per heavy atom. The SMILES string of the molecule is CN=C(N)N(C)c1ccc(C(=O)NC/C=C\C(Cl)=C/CC(=O)Nc2ccc(C)cn2)cc1. The predicted molar refractivity (Wildman–Crippen MR) is 130 cm³/mol. The molecular formula is C23H27ClN6O2. The number of halogens is 1. The molecule has 2 aromatic rings. The van der Waals surface area contributed by atoms with Crippen molar-refractivity contribution in [1.29, 1.82) is 0 Å². The average Bonchev–Trinajstić information content (AvgIpc) is 2.81. The molecule has 168 valence electrons. The van der Waals surface area contributed by atoms with Gasteiger partial charge in [-0.2, -0.15) is 0 Å². The molecule has 9 heteroatoms. The minimum atomic E-state index is -0.220. The van der Waals surface area contributed by atoms with E-state index in [-0.39, 0.29) is 18.2 Å². The molecule has 0 saturated carbocycles. The summed E-state index contributed by atoms with van der Waals surface area (Å²) in [5.41, 5.74) is 8.13. The summed E-state index contributed by atoms with van der Waals surface area (Å²) in [5, 5.41) is 5.87. The predicted octanol–water partition coefficient (Wildman–Crippen LogP) is 3.21. The number of nitrogens with zero attached hydrogens (tertiary/aromatic N) is 3. The first kappa shape index (κ1) is 24.6. The number of aromatic nitrogens is 1. The molecule has 0 aliphatic rings. The monoisotopic (exact) mass is 454 g/mol. The number of aryl methyl sites for hydroxylation is 1. The number of hydrogen-bond acceptors (Lipinski definition) is 4. The molecule has 0 fully saturated rings. The number of benzene rings is 1. The van der Waals surface area contributed by atoms with E-state index in [1.807, 2.05) is 13.0 Å². The Labute approximate surface area is 192 Å². The summed E-state index contributed by atoms with van der Waals surface area (Å²) in [7, 11) is 3.41. The van der Waals surface area contributed by atoms with Crippen LogP contribution in [-0.4, -0.2) is 43.4 Å². The van der Waals surface area contributed by atoms with Crippen molar-refractivity contribution in [3.05, 3.63) is 77.0 Å². The number of carbonyl (C=O) groups excluding carboxylic acids is 2. The van der Waals surface area contributed by atoms with Gasteiger partial charge in [-0.15, -0.1) is 0 Å². The van der Waals surface area contributed by atoms with Crippen LogP contribution in [0.15, 0.2) is 70.8 Å². The van der Waals surface area contributed by atoms with E-state index in [0.29, 0.717) is 28.9 Å². The van der Waals surface area contributed by atoms with E-state index in [1.54, 1.807) is 73.8 Å².